The molecule has 2 N–H and O–H groups in total. The lowest BCUT2D eigenvalue weighted by Gasteiger charge is -2.43. The predicted octanol–water partition coefficient (Wildman–Crippen LogP) is 8.11. The van der Waals surface area contributed by atoms with Gasteiger partial charge in [0.1, 0.15) is 6.17 Å². The van der Waals surface area contributed by atoms with E-state index in [1.165, 1.54) is 44.7 Å². The normalized spacial score (nSPS) is 21.0. The summed E-state index contributed by atoms with van der Waals surface area (Å²) in [5, 5.41) is 8.34. The number of allylic oxidation sites excluding steroid dienone is 6. The van der Waals surface area contributed by atoms with Gasteiger partial charge in [0, 0.05) is 58.4 Å². The van der Waals surface area contributed by atoms with Crippen molar-refractivity contribution in [1.29, 1.82) is 0 Å². The van der Waals surface area contributed by atoms with Crippen molar-refractivity contribution in [2.75, 3.05) is 11.4 Å². The van der Waals surface area contributed by atoms with Gasteiger partial charge in [0.05, 0.1) is 34.5 Å². The minimum atomic E-state index is 0.0414. The summed E-state index contributed by atoms with van der Waals surface area (Å²) in [6, 6.07) is 28.8. The van der Waals surface area contributed by atoms with Crippen LogP contribution in [0, 0.1) is 11.8 Å². The van der Waals surface area contributed by atoms with Crippen molar-refractivity contribution in [3.05, 3.63) is 152 Å². The summed E-state index contributed by atoms with van der Waals surface area (Å²) < 4.78 is 2.42. The van der Waals surface area contributed by atoms with Crippen LogP contribution in [0.5, 0.6) is 0 Å². The molecule has 4 aliphatic rings. The van der Waals surface area contributed by atoms with Gasteiger partial charge in [-0.05, 0) is 36.0 Å². The van der Waals surface area contributed by atoms with Gasteiger partial charge in [0.25, 0.3) is 0 Å². The molecule has 1 aliphatic carbocycles. The van der Waals surface area contributed by atoms with E-state index in [2.05, 4.69) is 154 Å². The zero-order valence-electron chi connectivity index (χ0n) is 24.1. The first-order valence-electron chi connectivity index (χ1n) is 15.3. The molecule has 0 bridgehead atoms. The van der Waals surface area contributed by atoms with E-state index in [0.717, 1.165) is 23.4 Å². The summed E-state index contributed by atoms with van der Waals surface area (Å²) in [5.74, 6) is 0.631. The molecule has 5 nitrogen and oxygen atoms in total. The highest BCUT2D eigenvalue weighted by Crippen LogP contribution is 2.53. The number of dihydropyridines is 1. The minimum Gasteiger partial charge on any atom is -0.387 e. The van der Waals surface area contributed by atoms with E-state index < -0.39 is 0 Å². The number of hydrogen-bond donors (Lipinski definition) is 2. The number of fused-ring (bicyclic) bond motifs is 8. The molecule has 0 saturated heterocycles. The molecule has 5 heteroatoms. The van der Waals surface area contributed by atoms with Crippen LogP contribution >= 0.6 is 0 Å². The molecule has 2 aromatic heterocycles. The number of aromatic nitrogens is 2. The van der Waals surface area contributed by atoms with Crippen molar-refractivity contribution >= 4 is 27.9 Å². The third-order valence-corrected chi connectivity index (χ3v) is 9.28. The Morgan fingerprint density at radius 3 is 2.48 bits per heavy atom. The Morgan fingerprint density at radius 2 is 1.59 bits per heavy atom. The lowest BCUT2D eigenvalue weighted by molar-refractivity contribution is 0.384. The monoisotopic (exact) mass is 569 g/mol. The van der Waals surface area contributed by atoms with Crippen molar-refractivity contribution < 1.29 is 0 Å². The molecule has 3 unspecified atom stereocenters. The summed E-state index contributed by atoms with van der Waals surface area (Å²) in [6.45, 7) is 0.846. The second kappa shape index (κ2) is 10.0. The highest BCUT2D eigenvalue weighted by Gasteiger charge is 2.38. The Balaban J connectivity index is 1.34. The molecular weight excluding hydrogens is 538 g/mol. The molecule has 3 atom stereocenters. The number of hydrogen-bond acceptors (Lipinski definition) is 4. The largest absolute Gasteiger partial charge is 0.387 e. The smallest absolute Gasteiger partial charge is 0.111 e. The number of nitrogens with one attached hydrogen (secondary N) is 2. The second-order valence-electron chi connectivity index (χ2n) is 11.7. The number of nitrogens with zero attached hydrogens (tertiary/aromatic N) is 3. The maximum Gasteiger partial charge on any atom is 0.111 e. The molecule has 0 saturated carbocycles. The Morgan fingerprint density at radius 1 is 0.795 bits per heavy atom. The number of pyridine rings is 1. The number of anilines is 2. The van der Waals surface area contributed by atoms with E-state index in [1.807, 2.05) is 12.4 Å². The van der Waals surface area contributed by atoms with Crippen LogP contribution in [0.1, 0.15) is 5.56 Å². The Hall–Kier alpha value is -5.55. The first-order valence-corrected chi connectivity index (χ1v) is 15.3. The van der Waals surface area contributed by atoms with Crippen molar-refractivity contribution in [2.45, 2.75) is 6.17 Å². The van der Waals surface area contributed by atoms with Crippen molar-refractivity contribution in [3.63, 3.8) is 0 Å². The third-order valence-electron chi connectivity index (χ3n) is 9.28. The lowest BCUT2D eigenvalue weighted by atomic mass is 9.83. The zero-order chi connectivity index (χ0) is 29.0. The molecule has 5 aromatic rings. The average Bonchev–Trinajstić information content (AvgIpc) is 3.38. The summed E-state index contributed by atoms with van der Waals surface area (Å²) in [7, 11) is 0. The Bertz CT molecular complexity index is 2090. The van der Waals surface area contributed by atoms with Gasteiger partial charge in [-0.3, -0.25) is 4.98 Å². The van der Waals surface area contributed by atoms with Crippen LogP contribution in [0.3, 0.4) is 0 Å². The van der Waals surface area contributed by atoms with Gasteiger partial charge < -0.3 is 20.1 Å². The van der Waals surface area contributed by atoms with E-state index in [4.69, 9.17) is 4.98 Å². The lowest BCUT2D eigenvalue weighted by Crippen LogP contribution is -2.50. The van der Waals surface area contributed by atoms with Crippen LogP contribution in [0.25, 0.3) is 44.5 Å². The van der Waals surface area contributed by atoms with Crippen LogP contribution in [0.4, 0.5) is 11.4 Å². The zero-order valence-corrected chi connectivity index (χ0v) is 24.1. The van der Waals surface area contributed by atoms with Crippen LogP contribution in [0.2, 0.25) is 0 Å². The molecule has 0 fully saturated rings. The van der Waals surface area contributed by atoms with E-state index >= 15 is 0 Å². The van der Waals surface area contributed by atoms with E-state index in [-0.39, 0.29) is 12.1 Å². The average molecular weight is 570 g/mol. The maximum absolute atomic E-state index is 4.76. The van der Waals surface area contributed by atoms with Crippen LogP contribution in [-0.4, -0.2) is 22.3 Å². The van der Waals surface area contributed by atoms with Crippen molar-refractivity contribution in [1.82, 2.24) is 20.2 Å². The molecule has 0 spiro atoms. The van der Waals surface area contributed by atoms with E-state index in [9.17, 15) is 0 Å². The Kier molecular flexibility index (Phi) is 5.69. The second-order valence-corrected chi connectivity index (χ2v) is 11.7. The predicted molar refractivity (Wildman–Crippen MR) is 181 cm³/mol. The number of para-hydroxylation sites is 3. The van der Waals surface area contributed by atoms with Gasteiger partial charge in [-0.1, -0.05) is 97.1 Å². The third kappa shape index (κ3) is 3.75. The molecular formula is C39H31N5. The van der Waals surface area contributed by atoms with Gasteiger partial charge >= 0.3 is 0 Å². The summed E-state index contributed by atoms with van der Waals surface area (Å²) >= 11 is 0. The fourth-order valence-electron chi connectivity index (χ4n) is 7.38. The number of benzene rings is 3. The standard InChI is InChI=1S/C39H31N5/c1-2-12-30-26(10-1)19-21-42-39(30)44-35-17-7-4-14-32(35)37-31-13-3-6-16-34(31)43(38(37)33-15-5-8-18-36(33)44)29-22-28(24-41-25-29)27-11-9-20-40-23-27/h1-19,21-26,30,39-40,42H,20H2. The van der Waals surface area contributed by atoms with E-state index in [0.29, 0.717) is 5.92 Å². The summed E-state index contributed by atoms with van der Waals surface area (Å²) in [4.78, 5) is 7.30. The molecule has 0 radical (unpaired) electrons. The van der Waals surface area contributed by atoms with Crippen LogP contribution < -0.4 is 15.5 Å². The van der Waals surface area contributed by atoms with Crippen molar-refractivity contribution in [3.8, 4) is 28.1 Å². The molecule has 0 amide bonds. The summed E-state index contributed by atoms with van der Waals surface area (Å²) in [5.41, 5.74) is 11.7. The Labute approximate surface area is 256 Å². The van der Waals surface area contributed by atoms with Gasteiger partial charge in [-0.15, -0.1) is 0 Å². The highest BCUT2D eigenvalue weighted by molar-refractivity contribution is 6.12. The maximum atomic E-state index is 4.76. The number of rotatable bonds is 3. The molecule has 9 rings (SSSR count). The highest BCUT2D eigenvalue weighted by atomic mass is 15.3. The van der Waals surface area contributed by atoms with Gasteiger partial charge in [0.15, 0.2) is 0 Å². The molecule has 3 aliphatic heterocycles. The minimum absolute atomic E-state index is 0.0414. The fraction of sp³-hybridized carbons (Fsp3) is 0.103. The quantitative estimate of drug-likeness (QED) is 0.230. The molecule has 5 heterocycles. The summed E-state index contributed by atoms with van der Waals surface area (Å²) in [6.07, 6.45) is 23.8. The SMILES string of the molecule is C1=CC2C=CNC(N3c4ccccc4-c4c(n(-c5cncc(C6=CNCC=C6)c5)c5ccccc45)-c4ccccc43)C2C=C1. The van der Waals surface area contributed by atoms with Gasteiger partial charge in [0.2, 0.25) is 0 Å². The molecule has 3 aromatic carbocycles. The van der Waals surface area contributed by atoms with E-state index in [1.54, 1.807) is 0 Å². The van der Waals surface area contributed by atoms with Gasteiger partial charge in [-0.25, -0.2) is 0 Å². The molecule has 212 valence electrons. The van der Waals surface area contributed by atoms with Crippen LogP contribution in [0.15, 0.2) is 146 Å². The van der Waals surface area contributed by atoms with Crippen molar-refractivity contribution in [2.24, 2.45) is 11.8 Å². The first kappa shape index (κ1) is 25.0. The van der Waals surface area contributed by atoms with Gasteiger partial charge in [-0.2, -0.15) is 0 Å². The fourth-order valence-corrected chi connectivity index (χ4v) is 7.38. The molecule has 44 heavy (non-hydrogen) atoms. The topological polar surface area (TPSA) is 45.1 Å². The first-order chi connectivity index (χ1) is 21.9. The van der Waals surface area contributed by atoms with Crippen LogP contribution in [-0.2, 0) is 0 Å².